The van der Waals surface area contributed by atoms with Crippen molar-refractivity contribution in [3.63, 3.8) is 0 Å². The number of carbonyl (C=O) groups excluding carboxylic acids is 1. The highest BCUT2D eigenvalue weighted by Gasteiger charge is 2.61. The fourth-order valence-corrected chi connectivity index (χ4v) is 2.62. The first-order valence-corrected chi connectivity index (χ1v) is 6.76. The first kappa shape index (κ1) is 16.1. The van der Waals surface area contributed by atoms with Crippen LogP contribution in [0, 0.1) is 0 Å². The Morgan fingerprint density at radius 1 is 1.33 bits per heavy atom. The highest BCUT2D eigenvalue weighted by Crippen LogP contribution is 2.42. The van der Waals surface area contributed by atoms with Gasteiger partial charge in [0.2, 0.25) is 0 Å². The first-order chi connectivity index (χ1) is 9.74. The summed E-state index contributed by atoms with van der Waals surface area (Å²) in [7, 11) is 0. The Labute approximate surface area is 122 Å². The van der Waals surface area contributed by atoms with Gasteiger partial charge in [0.05, 0.1) is 6.10 Å². The molecule has 1 fully saturated rings. The Hall–Kier alpha value is -1.31. The molecule has 0 aromatic heterocycles. The zero-order valence-corrected chi connectivity index (χ0v) is 11.9. The monoisotopic (exact) mass is 296 g/mol. The molecule has 0 bridgehead atoms. The standard InChI is InChI=1S/C15H20O6/c1-3-4-5-6-10-7-9-8-11(16)14(2,19)12(17)15(9,20)13(18)21-10/h3-6,8,10,12-13,17-20H,7H2,1-2H3/t10-,12-,13+,14-,15-/m1/s1. The van der Waals surface area contributed by atoms with Crippen molar-refractivity contribution in [2.24, 2.45) is 0 Å². The van der Waals surface area contributed by atoms with Crippen LogP contribution in [0.25, 0.3) is 0 Å². The second-order valence-corrected chi connectivity index (χ2v) is 5.55. The molecule has 0 aromatic rings. The van der Waals surface area contributed by atoms with Crippen molar-refractivity contribution in [3.05, 3.63) is 36.0 Å². The Morgan fingerprint density at radius 3 is 2.62 bits per heavy atom. The van der Waals surface area contributed by atoms with Crippen LogP contribution in [-0.4, -0.2) is 55.9 Å². The lowest BCUT2D eigenvalue weighted by atomic mass is 9.69. The predicted octanol–water partition coefficient (Wildman–Crippen LogP) is -0.422. The van der Waals surface area contributed by atoms with Gasteiger partial charge in [0.25, 0.3) is 0 Å². The number of allylic oxidation sites excluding steroid dienone is 3. The van der Waals surface area contributed by atoms with E-state index in [4.69, 9.17) is 4.74 Å². The van der Waals surface area contributed by atoms with Gasteiger partial charge in [-0.05, 0) is 25.5 Å². The van der Waals surface area contributed by atoms with E-state index in [1.807, 2.05) is 13.0 Å². The molecule has 2 rings (SSSR count). The number of rotatable bonds is 2. The fourth-order valence-electron chi connectivity index (χ4n) is 2.62. The molecule has 4 N–H and O–H groups in total. The van der Waals surface area contributed by atoms with Crippen LogP contribution in [-0.2, 0) is 9.53 Å². The van der Waals surface area contributed by atoms with Crippen LogP contribution in [0.1, 0.15) is 20.3 Å². The molecule has 0 radical (unpaired) electrons. The van der Waals surface area contributed by atoms with E-state index in [0.717, 1.165) is 13.0 Å². The van der Waals surface area contributed by atoms with Crippen molar-refractivity contribution >= 4 is 5.78 Å². The van der Waals surface area contributed by atoms with Crippen molar-refractivity contribution < 1.29 is 30.0 Å². The van der Waals surface area contributed by atoms with E-state index in [2.05, 4.69) is 0 Å². The van der Waals surface area contributed by atoms with Gasteiger partial charge in [-0.25, -0.2) is 0 Å². The third-order valence-electron chi connectivity index (χ3n) is 4.00. The summed E-state index contributed by atoms with van der Waals surface area (Å²) in [6, 6.07) is 0. The molecular formula is C15H20O6. The number of aliphatic hydroxyl groups is 4. The number of carbonyl (C=O) groups is 1. The van der Waals surface area contributed by atoms with E-state index >= 15 is 0 Å². The molecule has 1 saturated heterocycles. The van der Waals surface area contributed by atoms with E-state index in [9.17, 15) is 25.2 Å². The highest BCUT2D eigenvalue weighted by molar-refractivity contribution is 5.99. The smallest absolute Gasteiger partial charge is 0.191 e. The summed E-state index contributed by atoms with van der Waals surface area (Å²) < 4.78 is 5.27. The lowest BCUT2D eigenvalue weighted by molar-refractivity contribution is -0.279. The Morgan fingerprint density at radius 2 is 2.00 bits per heavy atom. The zero-order valence-electron chi connectivity index (χ0n) is 11.9. The normalized spacial score (nSPS) is 44.2. The number of ketones is 1. The summed E-state index contributed by atoms with van der Waals surface area (Å²) in [6.45, 7) is 2.94. The number of hydrogen-bond donors (Lipinski definition) is 4. The van der Waals surface area contributed by atoms with E-state index in [1.54, 1.807) is 18.2 Å². The summed E-state index contributed by atoms with van der Waals surface area (Å²) in [5, 5.41) is 40.6. The van der Waals surface area contributed by atoms with Gasteiger partial charge in [0.15, 0.2) is 23.3 Å². The van der Waals surface area contributed by atoms with Crippen LogP contribution in [0.4, 0.5) is 0 Å². The molecule has 2 aliphatic rings. The van der Waals surface area contributed by atoms with Gasteiger partial charge >= 0.3 is 0 Å². The molecule has 1 aliphatic heterocycles. The highest BCUT2D eigenvalue weighted by atomic mass is 16.6. The molecule has 0 amide bonds. The van der Waals surface area contributed by atoms with Gasteiger partial charge in [-0.1, -0.05) is 24.3 Å². The third-order valence-corrected chi connectivity index (χ3v) is 4.00. The van der Waals surface area contributed by atoms with Gasteiger partial charge in [-0.2, -0.15) is 0 Å². The van der Waals surface area contributed by atoms with Crippen molar-refractivity contribution in [1.29, 1.82) is 0 Å². The van der Waals surface area contributed by atoms with Crippen LogP contribution < -0.4 is 0 Å². The molecule has 0 aromatic carbocycles. The van der Waals surface area contributed by atoms with Gasteiger partial charge in [0.1, 0.15) is 6.10 Å². The maximum atomic E-state index is 11.8. The summed E-state index contributed by atoms with van der Waals surface area (Å²) in [5.41, 5.74) is -4.21. The summed E-state index contributed by atoms with van der Waals surface area (Å²) in [5.74, 6) is -0.708. The molecule has 116 valence electrons. The van der Waals surface area contributed by atoms with Crippen molar-refractivity contribution in [2.45, 2.75) is 50.0 Å². The zero-order chi connectivity index (χ0) is 15.8. The van der Waals surface area contributed by atoms with Crippen LogP contribution in [0.15, 0.2) is 36.0 Å². The molecule has 1 heterocycles. The minimum atomic E-state index is -2.19. The molecular weight excluding hydrogens is 276 g/mol. The Kier molecular flexibility index (Phi) is 4.19. The molecule has 6 nitrogen and oxygen atoms in total. The van der Waals surface area contributed by atoms with Crippen molar-refractivity contribution in [3.8, 4) is 0 Å². The molecule has 1 aliphatic carbocycles. The minimum absolute atomic E-state index is 0.139. The second kappa shape index (κ2) is 5.47. The lowest BCUT2D eigenvalue weighted by Gasteiger charge is -2.49. The maximum absolute atomic E-state index is 11.8. The summed E-state index contributed by atoms with van der Waals surface area (Å²) in [6.07, 6.45) is 4.06. The Balaban J connectivity index is 2.35. The van der Waals surface area contributed by atoms with E-state index in [1.165, 1.54) is 0 Å². The summed E-state index contributed by atoms with van der Waals surface area (Å²) in [4.78, 5) is 11.8. The maximum Gasteiger partial charge on any atom is 0.191 e. The van der Waals surface area contributed by atoms with Crippen LogP contribution >= 0.6 is 0 Å². The lowest BCUT2D eigenvalue weighted by Crippen LogP contribution is -2.69. The fraction of sp³-hybridized carbons (Fsp3) is 0.533. The van der Waals surface area contributed by atoms with Crippen LogP contribution in [0.2, 0.25) is 0 Å². The summed E-state index contributed by atoms with van der Waals surface area (Å²) >= 11 is 0. The van der Waals surface area contributed by atoms with E-state index in [0.29, 0.717) is 0 Å². The largest absolute Gasteiger partial charge is 0.386 e. The number of fused-ring (bicyclic) bond motifs is 1. The van der Waals surface area contributed by atoms with Gasteiger partial charge in [-0.3, -0.25) is 4.79 Å². The molecule has 0 saturated carbocycles. The molecule has 0 spiro atoms. The van der Waals surface area contributed by atoms with Crippen molar-refractivity contribution in [1.82, 2.24) is 0 Å². The topological polar surface area (TPSA) is 107 Å². The average molecular weight is 296 g/mol. The van der Waals surface area contributed by atoms with Gasteiger partial charge in [0, 0.05) is 6.42 Å². The molecule has 5 atom stereocenters. The molecule has 21 heavy (non-hydrogen) atoms. The van der Waals surface area contributed by atoms with Crippen LogP contribution in [0.3, 0.4) is 0 Å². The predicted molar refractivity (Wildman–Crippen MR) is 74.1 cm³/mol. The minimum Gasteiger partial charge on any atom is -0.386 e. The third kappa shape index (κ3) is 2.49. The number of ether oxygens (including phenoxy) is 1. The SMILES string of the molecule is CC=CC=C[C@@H]1CC2=CC(=O)[C@@](C)(O)[C@@H](O)[C@@]2(O)[C@@H](O)O1. The number of hydrogen-bond acceptors (Lipinski definition) is 6. The molecule has 6 heteroatoms. The number of aliphatic hydroxyl groups excluding tert-OH is 2. The van der Waals surface area contributed by atoms with E-state index in [-0.39, 0.29) is 12.0 Å². The Bertz CT molecular complexity index is 518. The molecule has 0 unspecified atom stereocenters. The second-order valence-electron chi connectivity index (χ2n) is 5.55. The first-order valence-electron chi connectivity index (χ1n) is 6.76. The van der Waals surface area contributed by atoms with Gasteiger partial charge in [-0.15, -0.1) is 0 Å². The van der Waals surface area contributed by atoms with Crippen molar-refractivity contribution in [2.75, 3.05) is 0 Å². The van der Waals surface area contributed by atoms with E-state index < -0.39 is 35.5 Å². The van der Waals surface area contributed by atoms with Crippen LogP contribution in [0.5, 0.6) is 0 Å². The van der Waals surface area contributed by atoms with Gasteiger partial charge < -0.3 is 25.2 Å². The average Bonchev–Trinajstić information content (AvgIpc) is 2.42. The quantitative estimate of drug-likeness (QED) is 0.516.